The molecule has 2 N–H and O–H groups in total. The van der Waals surface area contributed by atoms with Crippen LogP contribution in [0.1, 0.15) is 15.9 Å². The zero-order valence-electron chi connectivity index (χ0n) is 11.9. The molecule has 1 aromatic rings. The highest BCUT2D eigenvalue weighted by Gasteiger charge is 2.33. The van der Waals surface area contributed by atoms with E-state index in [1.807, 2.05) is 0 Å². The highest BCUT2D eigenvalue weighted by atomic mass is 35.5. The molecule has 0 saturated carbocycles. The van der Waals surface area contributed by atoms with Crippen molar-refractivity contribution in [1.29, 1.82) is 0 Å². The predicted octanol–water partition coefficient (Wildman–Crippen LogP) is -0.0977. The van der Waals surface area contributed by atoms with E-state index in [1.165, 1.54) is 9.80 Å². The van der Waals surface area contributed by atoms with Gasteiger partial charge in [0.2, 0.25) is 5.91 Å². The zero-order chi connectivity index (χ0) is 15.9. The Balaban J connectivity index is 1.77. The first kappa shape index (κ1) is 15.3. The molecule has 2 aliphatic heterocycles. The zero-order valence-corrected chi connectivity index (χ0v) is 12.7. The number of hydrogen-bond acceptors (Lipinski definition) is 4. The molecule has 22 heavy (non-hydrogen) atoms. The van der Waals surface area contributed by atoms with Gasteiger partial charge in [0.25, 0.3) is 5.91 Å². The van der Waals surface area contributed by atoms with Crippen LogP contribution in [0.4, 0.5) is 0 Å². The molecule has 118 valence electrons. The van der Waals surface area contributed by atoms with Crippen LogP contribution in [0.3, 0.4) is 0 Å². The van der Waals surface area contributed by atoms with Crippen LogP contribution < -0.4 is 0 Å². The molecule has 0 spiro atoms. The molecule has 6 nitrogen and oxygen atoms in total. The van der Waals surface area contributed by atoms with Gasteiger partial charge in [0.15, 0.2) is 0 Å². The second kappa shape index (κ2) is 5.87. The third kappa shape index (κ3) is 2.82. The minimum Gasteiger partial charge on any atom is -0.389 e. The Morgan fingerprint density at radius 3 is 2.27 bits per heavy atom. The molecule has 2 saturated heterocycles. The molecule has 0 radical (unpaired) electrons. The Hall–Kier alpha value is -1.63. The first-order valence-electron chi connectivity index (χ1n) is 7.16. The summed E-state index contributed by atoms with van der Waals surface area (Å²) in [5.41, 5.74) is 0.899. The van der Waals surface area contributed by atoms with E-state index in [0.29, 0.717) is 42.3 Å². The SMILES string of the molecule is O=C(Cc1c(Cl)cccc1C(=O)N1CC(O)C1)N1CC(O)C1. The first-order valence-corrected chi connectivity index (χ1v) is 7.54. The summed E-state index contributed by atoms with van der Waals surface area (Å²) in [4.78, 5) is 27.7. The van der Waals surface area contributed by atoms with E-state index in [0.717, 1.165) is 0 Å². The van der Waals surface area contributed by atoms with E-state index in [2.05, 4.69) is 0 Å². The van der Waals surface area contributed by atoms with Gasteiger partial charge in [-0.2, -0.15) is 0 Å². The van der Waals surface area contributed by atoms with E-state index in [-0.39, 0.29) is 18.2 Å². The first-order chi connectivity index (χ1) is 10.5. The summed E-state index contributed by atoms with van der Waals surface area (Å²) in [5.74, 6) is -0.379. The molecule has 7 heteroatoms. The summed E-state index contributed by atoms with van der Waals surface area (Å²) >= 11 is 6.17. The van der Waals surface area contributed by atoms with E-state index < -0.39 is 12.2 Å². The van der Waals surface area contributed by atoms with Crippen LogP contribution in [0.5, 0.6) is 0 Å². The van der Waals surface area contributed by atoms with Crippen molar-refractivity contribution < 1.29 is 19.8 Å². The Labute approximate surface area is 132 Å². The molecule has 2 heterocycles. The van der Waals surface area contributed by atoms with Gasteiger partial charge in [-0.3, -0.25) is 9.59 Å². The van der Waals surface area contributed by atoms with E-state index in [1.54, 1.807) is 18.2 Å². The largest absolute Gasteiger partial charge is 0.389 e. The summed E-state index contributed by atoms with van der Waals surface area (Å²) in [6, 6.07) is 4.97. The van der Waals surface area contributed by atoms with Gasteiger partial charge in [0.1, 0.15) is 0 Å². The summed E-state index contributed by atoms with van der Waals surface area (Å²) in [6.07, 6.45) is -0.904. The Morgan fingerprint density at radius 2 is 1.68 bits per heavy atom. The monoisotopic (exact) mass is 324 g/mol. The number of aliphatic hydroxyl groups is 2. The number of aliphatic hydroxyl groups excluding tert-OH is 2. The van der Waals surface area contributed by atoms with Crippen molar-refractivity contribution in [1.82, 2.24) is 9.80 Å². The third-order valence-electron chi connectivity index (χ3n) is 4.04. The van der Waals surface area contributed by atoms with Gasteiger partial charge in [0.05, 0.1) is 18.6 Å². The lowest BCUT2D eigenvalue weighted by Gasteiger charge is -2.37. The minimum absolute atomic E-state index is 0.0316. The summed E-state index contributed by atoms with van der Waals surface area (Å²) in [6.45, 7) is 1.25. The summed E-state index contributed by atoms with van der Waals surface area (Å²) < 4.78 is 0. The van der Waals surface area contributed by atoms with Gasteiger partial charge in [-0.15, -0.1) is 0 Å². The summed E-state index contributed by atoms with van der Waals surface area (Å²) in [5, 5.41) is 19.0. The molecule has 1 aromatic carbocycles. The number of carbonyl (C=O) groups excluding carboxylic acids is 2. The smallest absolute Gasteiger partial charge is 0.254 e. The lowest BCUT2D eigenvalue weighted by molar-refractivity contribution is -0.140. The van der Waals surface area contributed by atoms with Gasteiger partial charge in [-0.1, -0.05) is 17.7 Å². The number of likely N-dealkylation sites (tertiary alicyclic amines) is 2. The van der Waals surface area contributed by atoms with Crippen molar-refractivity contribution in [3.8, 4) is 0 Å². The Kier molecular flexibility index (Phi) is 4.08. The van der Waals surface area contributed by atoms with Crippen LogP contribution in [-0.4, -0.2) is 70.2 Å². The topological polar surface area (TPSA) is 81.1 Å². The van der Waals surface area contributed by atoms with Crippen LogP contribution in [0, 0.1) is 0 Å². The second-order valence-corrected chi connectivity index (χ2v) is 6.17. The fraction of sp³-hybridized carbons (Fsp3) is 0.467. The molecule has 2 amide bonds. The molecule has 3 rings (SSSR count). The predicted molar refractivity (Wildman–Crippen MR) is 79.7 cm³/mol. The number of β-amino-alcohol motifs (C(OH)–C–C–N with tert-alkyl or cyclic N) is 2. The highest BCUT2D eigenvalue weighted by Crippen LogP contribution is 2.25. The van der Waals surface area contributed by atoms with Crippen molar-refractivity contribution in [2.75, 3.05) is 26.2 Å². The quantitative estimate of drug-likeness (QED) is 0.814. The fourth-order valence-corrected chi connectivity index (χ4v) is 2.89. The number of carbonyl (C=O) groups is 2. The van der Waals surface area contributed by atoms with Gasteiger partial charge in [0, 0.05) is 36.8 Å². The highest BCUT2D eigenvalue weighted by molar-refractivity contribution is 6.32. The molecule has 0 aliphatic carbocycles. The van der Waals surface area contributed by atoms with Crippen LogP contribution >= 0.6 is 11.6 Å². The molecule has 0 atom stereocenters. The van der Waals surface area contributed by atoms with Crippen molar-refractivity contribution in [3.63, 3.8) is 0 Å². The molecule has 0 unspecified atom stereocenters. The standard InChI is InChI=1S/C15H17ClN2O4/c16-13-3-1-2-11(15(22)18-7-10(20)8-18)12(13)4-14(21)17-5-9(19)6-17/h1-3,9-10,19-20H,4-8H2. The van der Waals surface area contributed by atoms with Crippen LogP contribution in [0.25, 0.3) is 0 Å². The fourth-order valence-electron chi connectivity index (χ4n) is 2.65. The van der Waals surface area contributed by atoms with Gasteiger partial charge >= 0.3 is 0 Å². The van der Waals surface area contributed by atoms with Crippen LogP contribution in [0.15, 0.2) is 18.2 Å². The minimum atomic E-state index is -0.476. The molecule has 0 bridgehead atoms. The third-order valence-corrected chi connectivity index (χ3v) is 4.40. The van der Waals surface area contributed by atoms with E-state index in [9.17, 15) is 19.8 Å². The average molecular weight is 325 g/mol. The number of amides is 2. The van der Waals surface area contributed by atoms with E-state index in [4.69, 9.17) is 11.6 Å². The lowest BCUT2D eigenvalue weighted by atomic mass is 9.99. The summed E-state index contributed by atoms with van der Waals surface area (Å²) in [7, 11) is 0. The van der Waals surface area contributed by atoms with Gasteiger partial charge < -0.3 is 20.0 Å². The average Bonchev–Trinajstić information content (AvgIpc) is 2.42. The molecule has 0 aromatic heterocycles. The van der Waals surface area contributed by atoms with Crippen LogP contribution in [-0.2, 0) is 11.2 Å². The Morgan fingerprint density at radius 1 is 1.09 bits per heavy atom. The van der Waals surface area contributed by atoms with Crippen molar-refractivity contribution >= 4 is 23.4 Å². The molecular formula is C15H17ClN2O4. The van der Waals surface area contributed by atoms with Crippen molar-refractivity contribution in [2.45, 2.75) is 18.6 Å². The Bertz CT molecular complexity index is 610. The normalized spacial score (nSPS) is 18.9. The number of rotatable bonds is 3. The van der Waals surface area contributed by atoms with E-state index >= 15 is 0 Å². The van der Waals surface area contributed by atoms with Gasteiger partial charge in [-0.25, -0.2) is 0 Å². The second-order valence-electron chi connectivity index (χ2n) is 5.76. The van der Waals surface area contributed by atoms with Crippen LogP contribution in [0.2, 0.25) is 5.02 Å². The lowest BCUT2D eigenvalue weighted by Crippen LogP contribution is -2.54. The number of benzene rings is 1. The number of halogens is 1. The molecular weight excluding hydrogens is 308 g/mol. The number of hydrogen-bond donors (Lipinski definition) is 2. The maximum absolute atomic E-state index is 12.4. The van der Waals surface area contributed by atoms with Crippen molar-refractivity contribution in [2.24, 2.45) is 0 Å². The number of nitrogens with zero attached hydrogens (tertiary/aromatic N) is 2. The molecule has 2 aliphatic rings. The maximum Gasteiger partial charge on any atom is 0.254 e. The molecule has 2 fully saturated rings. The van der Waals surface area contributed by atoms with Crippen molar-refractivity contribution in [3.05, 3.63) is 34.3 Å². The maximum atomic E-state index is 12.4. The van der Waals surface area contributed by atoms with Gasteiger partial charge in [-0.05, 0) is 17.7 Å².